The SMILES string of the molecule is COc1ccc(Br)cc1/C=c1/sc2nc3ccccc3n2c1=O. The molecule has 23 heavy (non-hydrogen) atoms. The van der Waals surface area contributed by atoms with Gasteiger partial charge in [0, 0.05) is 10.0 Å². The van der Waals surface area contributed by atoms with Gasteiger partial charge >= 0.3 is 0 Å². The molecule has 0 unspecified atom stereocenters. The first-order valence-electron chi connectivity index (χ1n) is 6.92. The Morgan fingerprint density at radius 2 is 2.09 bits per heavy atom. The lowest BCUT2D eigenvalue weighted by Gasteiger charge is -2.04. The van der Waals surface area contributed by atoms with Gasteiger partial charge in [-0.2, -0.15) is 0 Å². The molecule has 0 atom stereocenters. The van der Waals surface area contributed by atoms with Gasteiger partial charge in [-0.05, 0) is 36.4 Å². The number of methoxy groups -OCH3 is 1. The zero-order valence-corrected chi connectivity index (χ0v) is 14.5. The number of halogens is 1. The average molecular weight is 387 g/mol. The van der Waals surface area contributed by atoms with Gasteiger partial charge in [0.15, 0.2) is 4.96 Å². The van der Waals surface area contributed by atoms with Crippen LogP contribution in [-0.2, 0) is 0 Å². The maximum Gasteiger partial charge on any atom is 0.274 e. The van der Waals surface area contributed by atoms with Crippen LogP contribution in [0, 0.1) is 0 Å². The van der Waals surface area contributed by atoms with Crippen molar-refractivity contribution in [3.05, 3.63) is 67.4 Å². The van der Waals surface area contributed by atoms with Gasteiger partial charge in [0.25, 0.3) is 5.56 Å². The predicted octanol–water partition coefficient (Wildman–Crippen LogP) is 3.23. The minimum absolute atomic E-state index is 0.0549. The fourth-order valence-electron chi connectivity index (χ4n) is 2.57. The van der Waals surface area contributed by atoms with Crippen LogP contribution >= 0.6 is 27.3 Å². The van der Waals surface area contributed by atoms with Crippen LogP contribution in [0.2, 0.25) is 0 Å². The van der Waals surface area contributed by atoms with E-state index in [0.717, 1.165) is 26.8 Å². The van der Waals surface area contributed by atoms with Crippen molar-refractivity contribution in [2.45, 2.75) is 0 Å². The molecule has 0 aliphatic heterocycles. The molecule has 0 bridgehead atoms. The lowest BCUT2D eigenvalue weighted by molar-refractivity contribution is 0.414. The zero-order valence-electron chi connectivity index (χ0n) is 12.1. The number of hydrogen-bond donors (Lipinski definition) is 0. The molecule has 0 amide bonds. The maximum absolute atomic E-state index is 12.7. The van der Waals surface area contributed by atoms with Crippen molar-refractivity contribution in [2.75, 3.05) is 7.11 Å². The van der Waals surface area contributed by atoms with Crippen LogP contribution in [0.4, 0.5) is 0 Å². The zero-order chi connectivity index (χ0) is 16.0. The van der Waals surface area contributed by atoms with E-state index < -0.39 is 0 Å². The first kappa shape index (κ1) is 14.4. The van der Waals surface area contributed by atoms with E-state index in [1.54, 1.807) is 11.5 Å². The smallest absolute Gasteiger partial charge is 0.274 e. The van der Waals surface area contributed by atoms with Crippen molar-refractivity contribution in [3.63, 3.8) is 0 Å². The molecule has 0 saturated heterocycles. The summed E-state index contributed by atoms with van der Waals surface area (Å²) in [5.41, 5.74) is 2.47. The molecule has 2 aromatic heterocycles. The number of aromatic nitrogens is 2. The number of nitrogens with zero attached hydrogens (tertiary/aromatic N) is 2. The number of hydrogen-bond acceptors (Lipinski definition) is 4. The Kier molecular flexibility index (Phi) is 3.43. The van der Waals surface area contributed by atoms with Crippen molar-refractivity contribution >= 4 is 49.3 Å². The minimum Gasteiger partial charge on any atom is -0.496 e. The average Bonchev–Trinajstić information content (AvgIpc) is 3.05. The second-order valence-electron chi connectivity index (χ2n) is 5.02. The van der Waals surface area contributed by atoms with Gasteiger partial charge in [-0.25, -0.2) is 9.38 Å². The molecule has 2 aromatic carbocycles. The summed E-state index contributed by atoms with van der Waals surface area (Å²) in [5.74, 6) is 0.725. The third kappa shape index (κ3) is 2.34. The molecular formula is C17H11BrN2O2S. The Bertz CT molecular complexity index is 1150. The summed E-state index contributed by atoms with van der Waals surface area (Å²) >= 11 is 4.83. The molecule has 0 aliphatic rings. The van der Waals surface area contributed by atoms with Gasteiger partial charge < -0.3 is 4.74 Å². The monoisotopic (exact) mass is 386 g/mol. The van der Waals surface area contributed by atoms with E-state index in [1.165, 1.54) is 11.3 Å². The van der Waals surface area contributed by atoms with Crippen LogP contribution in [0.1, 0.15) is 5.56 Å². The van der Waals surface area contributed by atoms with Crippen molar-refractivity contribution < 1.29 is 4.74 Å². The minimum atomic E-state index is -0.0549. The molecule has 0 radical (unpaired) electrons. The van der Waals surface area contributed by atoms with Crippen LogP contribution in [0.15, 0.2) is 51.7 Å². The van der Waals surface area contributed by atoms with Gasteiger partial charge in [-0.1, -0.05) is 39.4 Å². The molecule has 0 N–H and O–H groups in total. The van der Waals surface area contributed by atoms with Gasteiger partial charge in [-0.15, -0.1) is 0 Å². The number of rotatable bonds is 2. The molecule has 4 aromatic rings. The molecule has 4 nitrogen and oxygen atoms in total. The summed E-state index contributed by atoms with van der Waals surface area (Å²) in [7, 11) is 1.62. The van der Waals surface area contributed by atoms with Gasteiger partial charge in [0.2, 0.25) is 0 Å². The second kappa shape index (κ2) is 5.47. The third-order valence-electron chi connectivity index (χ3n) is 3.62. The van der Waals surface area contributed by atoms with Crippen LogP contribution in [0.3, 0.4) is 0 Å². The summed E-state index contributed by atoms with van der Waals surface area (Å²) in [4.78, 5) is 18.0. The quantitative estimate of drug-likeness (QED) is 0.531. The summed E-state index contributed by atoms with van der Waals surface area (Å²) in [5, 5.41) is 0. The van der Waals surface area contributed by atoms with Crippen LogP contribution in [0.25, 0.3) is 22.1 Å². The Morgan fingerprint density at radius 3 is 2.91 bits per heavy atom. The lowest BCUT2D eigenvalue weighted by Crippen LogP contribution is -2.22. The fraction of sp³-hybridized carbons (Fsp3) is 0.0588. The van der Waals surface area contributed by atoms with Gasteiger partial charge in [0.1, 0.15) is 5.75 Å². The normalized spacial score (nSPS) is 12.3. The van der Waals surface area contributed by atoms with Gasteiger partial charge in [-0.3, -0.25) is 4.79 Å². The fourth-order valence-corrected chi connectivity index (χ4v) is 3.93. The maximum atomic E-state index is 12.7. The van der Waals surface area contributed by atoms with Crippen molar-refractivity contribution in [1.82, 2.24) is 9.38 Å². The van der Waals surface area contributed by atoms with E-state index in [2.05, 4.69) is 20.9 Å². The molecule has 2 heterocycles. The molecule has 6 heteroatoms. The van der Waals surface area contributed by atoms with Crippen LogP contribution in [0.5, 0.6) is 5.75 Å². The number of fused-ring (bicyclic) bond motifs is 3. The number of benzene rings is 2. The van der Waals surface area contributed by atoms with Crippen molar-refractivity contribution in [1.29, 1.82) is 0 Å². The molecule has 114 valence electrons. The lowest BCUT2D eigenvalue weighted by atomic mass is 10.2. The summed E-state index contributed by atoms with van der Waals surface area (Å²) < 4.78 is 8.60. The second-order valence-corrected chi connectivity index (χ2v) is 6.95. The van der Waals surface area contributed by atoms with E-state index >= 15 is 0 Å². The standard InChI is InChI=1S/C17H11BrN2O2S/c1-22-14-7-6-11(18)8-10(14)9-15-16(21)20-13-5-3-2-4-12(13)19-17(20)23-15/h2-9H,1H3/b15-9+. The number of ether oxygens (including phenoxy) is 1. The molecule has 0 aliphatic carbocycles. The molecular weight excluding hydrogens is 376 g/mol. The topological polar surface area (TPSA) is 43.6 Å². The van der Waals surface area contributed by atoms with Crippen LogP contribution < -0.4 is 14.8 Å². The Labute approximate surface area is 143 Å². The summed E-state index contributed by atoms with van der Waals surface area (Å²) in [6.07, 6.45) is 1.85. The highest BCUT2D eigenvalue weighted by molar-refractivity contribution is 9.10. The first-order valence-corrected chi connectivity index (χ1v) is 8.53. The largest absolute Gasteiger partial charge is 0.496 e. The Morgan fingerprint density at radius 1 is 1.26 bits per heavy atom. The predicted molar refractivity (Wildman–Crippen MR) is 96.3 cm³/mol. The van der Waals surface area contributed by atoms with Crippen LogP contribution in [-0.4, -0.2) is 16.5 Å². The van der Waals surface area contributed by atoms with E-state index in [1.807, 2.05) is 48.5 Å². The molecule has 0 spiro atoms. The van der Waals surface area contributed by atoms with E-state index in [4.69, 9.17) is 4.74 Å². The van der Waals surface area contributed by atoms with E-state index in [0.29, 0.717) is 9.49 Å². The first-order chi connectivity index (χ1) is 11.2. The highest BCUT2D eigenvalue weighted by Gasteiger charge is 2.11. The number of para-hydroxylation sites is 2. The Hall–Kier alpha value is -2.18. The third-order valence-corrected chi connectivity index (χ3v) is 5.09. The molecule has 0 fully saturated rings. The van der Waals surface area contributed by atoms with Crippen molar-refractivity contribution in [3.8, 4) is 5.75 Å². The Balaban J connectivity index is 2.01. The van der Waals surface area contributed by atoms with Gasteiger partial charge in [0.05, 0.1) is 22.7 Å². The highest BCUT2D eigenvalue weighted by Crippen LogP contribution is 2.23. The summed E-state index contributed by atoms with van der Waals surface area (Å²) in [6.45, 7) is 0. The molecule has 4 rings (SSSR count). The van der Waals surface area contributed by atoms with Crippen molar-refractivity contribution in [2.24, 2.45) is 0 Å². The number of imidazole rings is 1. The summed E-state index contributed by atoms with van der Waals surface area (Å²) in [6, 6.07) is 13.4. The van der Waals surface area contributed by atoms with E-state index in [9.17, 15) is 4.79 Å². The van der Waals surface area contributed by atoms with E-state index in [-0.39, 0.29) is 5.56 Å². The highest BCUT2D eigenvalue weighted by atomic mass is 79.9. The molecule has 0 saturated carbocycles. The number of thiazole rings is 1.